The normalized spacial score (nSPS) is 29.0. The van der Waals surface area contributed by atoms with E-state index in [1.165, 1.54) is 0 Å². The molecule has 1 saturated heterocycles. The maximum absolute atomic E-state index is 13.2. The van der Waals surface area contributed by atoms with Gasteiger partial charge in [0.2, 0.25) is 10.0 Å². The van der Waals surface area contributed by atoms with Gasteiger partial charge in [-0.15, -0.1) is 0 Å². The standard InChI is InChI=1S/C8H17FN2O2S/c1-2-5-14(12,13)11-8-3-4-10-6-7(8)9/h7-8,10-11H,2-6H2,1H3. The molecule has 1 rings (SSSR count). The molecule has 6 heteroatoms. The summed E-state index contributed by atoms with van der Waals surface area (Å²) in [5, 5.41) is 2.87. The minimum absolute atomic E-state index is 0.0731. The van der Waals surface area contributed by atoms with Crippen LogP contribution < -0.4 is 10.0 Å². The molecular weight excluding hydrogens is 207 g/mol. The van der Waals surface area contributed by atoms with E-state index < -0.39 is 22.2 Å². The highest BCUT2D eigenvalue weighted by molar-refractivity contribution is 7.89. The predicted molar refractivity (Wildman–Crippen MR) is 53.4 cm³/mol. The molecule has 0 aromatic carbocycles. The second-order valence-electron chi connectivity index (χ2n) is 3.55. The first-order valence-corrected chi connectivity index (χ1v) is 6.55. The van der Waals surface area contributed by atoms with E-state index in [9.17, 15) is 12.8 Å². The van der Waals surface area contributed by atoms with Gasteiger partial charge in [-0.2, -0.15) is 0 Å². The summed E-state index contributed by atoms with van der Waals surface area (Å²) < 4.78 is 38.3. The molecule has 14 heavy (non-hydrogen) atoms. The molecule has 0 aromatic rings. The number of nitrogens with one attached hydrogen (secondary N) is 2. The Labute approximate surface area is 84.3 Å². The third-order valence-electron chi connectivity index (χ3n) is 2.21. The van der Waals surface area contributed by atoms with E-state index >= 15 is 0 Å². The van der Waals surface area contributed by atoms with Crippen molar-refractivity contribution in [2.24, 2.45) is 0 Å². The molecule has 0 aromatic heterocycles. The van der Waals surface area contributed by atoms with Gasteiger partial charge in [-0.1, -0.05) is 6.92 Å². The summed E-state index contributed by atoms with van der Waals surface area (Å²) in [7, 11) is -3.28. The van der Waals surface area contributed by atoms with Crippen LogP contribution in [0.15, 0.2) is 0 Å². The van der Waals surface area contributed by atoms with E-state index in [0.717, 1.165) is 0 Å². The summed E-state index contributed by atoms with van der Waals surface area (Å²) in [6.45, 7) is 2.69. The van der Waals surface area contributed by atoms with Crippen LogP contribution in [0, 0.1) is 0 Å². The lowest BCUT2D eigenvalue weighted by Crippen LogP contribution is -2.51. The lowest BCUT2D eigenvalue weighted by atomic mass is 10.1. The van der Waals surface area contributed by atoms with Crippen molar-refractivity contribution < 1.29 is 12.8 Å². The number of piperidine rings is 1. The molecule has 2 atom stereocenters. The topological polar surface area (TPSA) is 58.2 Å². The van der Waals surface area contributed by atoms with Gasteiger partial charge < -0.3 is 5.32 Å². The summed E-state index contributed by atoms with van der Waals surface area (Å²) in [5.74, 6) is 0.0731. The van der Waals surface area contributed by atoms with E-state index in [4.69, 9.17) is 0 Å². The van der Waals surface area contributed by atoms with Gasteiger partial charge in [0.25, 0.3) is 0 Å². The van der Waals surface area contributed by atoms with Gasteiger partial charge >= 0.3 is 0 Å². The Kier molecular flexibility index (Phi) is 4.28. The third-order valence-corrected chi connectivity index (χ3v) is 3.82. The van der Waals surface area contributed by atoms with Gasteiger partial charge in [0.15, 0.2) is 0 Å². The van der Waals surface area contributed by atoms with Crippen LogP contribution in [0.25, 0.3) is 0 Å². The second kappa shape index (κ2) is 5.04. The zero-order valence-electron chi connectivity index (χ0n) is 8.29. The van der Waals surface area contributed by atoms with Crippen LogP contribution >= 0.6 is 0 Å². The Hall–Kier alpha value is -0.200. The maximum Gasteiger partial charge on any atom is 0.211 e. The Morgan fingerprint density at radius 2 is 2.29 bits per heavy atom. The van der Waals surface area contributed by atoms with Gasteiger partial charge in [-0.05, 0) is 19.4 Å². The summed E-state index contributed by atoms with van der Waals surface area (Å²) >= 11 is 0. The lowest BCUT2D eigenvalue weighted by molar-refractivity contribution is 0.221. The first kappa shape index (κ1) is 11.9. The minimum Gasteiger partial charge on any atom is -0.314 e. The highest BCUT2D eigenvalue weighted by atomic mass is 32.2. The molecule has 0 aliphatic carbocycles. The Morgan fingerprint density at radius 1 is 1.57 bits per heavy atom. The Morgan fingerprint density at radius 3 is 2.86 bits per heavy atom. The van der Waals surface area contributed by atoms with Crippen LogP contribution in [-0.2, 0) is 10.0 Å². The van der Waals surface area contributed by atoms with Crippen molar-refractivity contribution in [1.29, 1.82) is 0 Å². The molecule has 1 aliphatic heterocycles. The van der Waals surface area contributed by atoms with Crippen LogP contribution in [-0.4, -0.2) is 39.5 Å². The van der Waals surface area contributed by atoms with Gasteiger partial charge in [0.1, 0.15) is 6.17 Å². The van der Waals surface area contributed by atoms with E-state index in [1.54, 1.807) is 6.92 Å². The van der Waals surface area contributed by atoms with Crippen LogP contribution in [0.3, 0.4) is 0 Å². The molecule has 0 bridgehead atoms. The van der Waals surface area contributed by atoms with Gasteiger partial charge in [-0.3, -0.25) is 0 Å². The van der Waals surface area contributed by atoms with Crippen LogP contribution in [0.2, 0.25) is 0 Å². The summed E-state index contributed by atoms with van der Waals surface area (Å²) in [5.41, 5.74) is 0. The quantitative estimate of drug-likeness (QED) is 0.707. The lowest BCUT2D eigenvalue weighted by Gasteiger charge is -2.27. The molecule has 0 radical (unpaired) electrons. The molecular formula is C8H17FN2O2S. The smallest absolute Gasteiger partial charge is 0.211 e. The maximum atomic E-state index is 13.2. The number of halogens is 1. The van der Waals surface area contributed by atoms with Crippen molar-refractivity contribution in [3.63, 3.8) is 0 Å². The minimum atomic E-state index is -3.28. The van der Waals surface area contributed by atoms with Crippen LogP contribution in [0.1, 0.15) is 19.8 Å². The van der Waals surface area contributed by atoms with Crippen molar-refractivity contribution in [3.8, 4) is 0 Å². The first-order valence-electron chi connectivity index (χ1n) is 4.90. The summed E-state index contributed by atoms with van der Waals surface area (Å²) in [6, 6.07) is -0.548. The molecule has 0 spiro atoms. The highest BCUT2D eigenvalue weighted by Crippen LogP contribution is 2.09. The molecule has 2 N–H and O–H groups in total. The molecule has 84 valence electrons. The molecule has 0 amide bonds. The van der Waals surface area contributed by atoms with Crippen molar-refractivity contribution in [1.82, 2.24) is 10.0 Å². The van der Waals surface area contributed by atoms with Gasteiger partial charge in [0.05, 0.1) is 11.8 Å². The predicted octanol–water partition coefficient (Wildman–Crippen LogP) is 0.0158. The molecule has 1 heterocycles. The number of hydrogen-bond acceptors (Lipinski definition) is 3. The molecule has 2 unspecified atom stereocenters. The van der Waals surface area contributed by atoms with Crippen molar-refractivity contribution in [2.45, 2.75) is 32.0 Å². The van der Waals surface area contributed by atoms with E-state index in [1.807, 2.05) is 0 Å². The zero-order chi connectivity index (χ0) is 10.6. The summed E-state index contributed by atoms with van der Waals surface area (Å²) in [4.78, 5) is 0. The van der Waals surface area contributed by atoms with Crippen molar-refractivity contribution >= 4 is 10.0 Å². The first-order chi connectivity index (χ1) is 6.55. The number of sulfonamides is 1. The van der Waals surface area contributed by atoms with E-state index in [0.29, 0.717) is 19.4 Å². The van der Waals surface area contributed by atoms with E-state index in [2.05, 4.69) is 10.0 Å². The number of rotatable bonds is 4. The molecule has 0 saturated carbocycles. The SMILES string of the molecule is CCCS(=O)(=O)NC1CCNCC1F. The molecule has 1 fully saturated rings. The average molecular weight is 224 g/mol. The second-order valence-corrected chi connectivity index (χ2v) is 5.43. The Balaban J connectivity index is 2.49. The fraction of sp³-hybridized carbons (Fsp3) is 1.00. The highest BCUT2D eigenvalue weighted by Gasteiger charge is 2.27. The fourth-order valence-corrected chi connectivity index (χ4v) is 2.89. The van der Waals surface area contributed by atoms with Crippen molar-refractivity contribution in [2.75, 3.05) is 18.8 Å². The number of alkyl halides is 1. The van der Waals surface area contributed by atoms with Crippen LogP contribution in [0.5, 0.6) is 0 Å². The van der Waals surface area contributed by atoms with Gasteiger partial charge in [0, 0.05) is 6.54 Å². The molecule has 1 aliphatic rings. The fourth-order valence-electron chi connectivity index (χ4n) is 1.51. The Bertz CT molecular complexity index is 269. The largest absolute Gasteiger partial charge is 0.314 e. The van der Waals surface area contributed by atoms with Gasteiger partial charge in [-0.25, -0.2) is 17.5 Å². The van der Waals surface area contributed by atoms with E-state index in [-0.39, 0.29) is 12.3 Å². The average Bonchev–Trinajstić information content (AvgIpc) is 2.08. The zero-order valence-corrected chi connectivity index (χ0v) is 9.11. The third kappa shape index (κ3) is 3.51. The molecule has 4 nitrogen and oxygen atoms in total. The number of hydrogen-bond donors (Lipinski definition) is 2. The monoisotopic (exact) mass is 224 g/mol. The van der Waals surface area contributed by atoms with Crippen LogP contribution in [0.4, 0.5) is 4.39 Å². The van der Waals surface area contributed by atoms with Crippen molar-refractivity contribution in [3.05, 3.63) is 0 Å². The summed E-state index contributed by atoms with van der Waals surface area (Å²) in [6.07, 6.45) is -0.0446.